The summed E-state index contributed by atoms with van der Waals surface area (Å²) in [5.74, 6) is -0.235. The van der Waals surface area contributed by atoms with Crippen LogP contribution in [0.2, 0.25) is 0 Å². The summed E-state index contributed by atoms with van der Waals surface area (Å²) in [6.45, 7) is 3.99. The lowest BCUT2D eigenvalue weighted by atomic mass is 10.1. The van der Waals surface area contributed by atoms with Crippen molar-refractivity contribution in [2.75, 3.05) is 0 Å². The summed E-state index contributed by atoms with van der Waals surface area (Å²) in [5, 5.41) is 0. The van der Waals surface area contributed by atoms with Crippen LogP contribution in [-0.4, -0.2) is 9.38 Å². The van der Waals surface area contributed by atoms with Crippen molar-refractivity contribution in [3.63, 3.8) is 0 Å². The highest BCUT2D eigenvalue weighted by Crippen LogP contribution is 2.26. The fraction of sp³-hybridized carbons (Fsp3) is 0.133. The highest BCUT2D eigenvalue weighted by atomic mass is 19.1. The second kappa shape index (κ2) is 3.95. The van der Waals surface area contributed by atoms with Crippen LogP contribution in [0.15, 0.2) is 42.6 Å². The molecule has 2 heterocycles. The molecule has 0 unspecified atom stereocenters. The van der Waals surface area contributed by atoms with Gasteiger partial charge in [0.1, 0.15) is 11.5 Å². The van der Waals surface area contributed by atoms with Crippen LogP contribution in [0.5, 0.6) is 0 Å². The van der Waals surface area contributed by atoms with Crippen LogP contribution in [0.25, 0.3) is 16.9 Å². The van der Waals surface area contributed by atoms with Crippen LogP contribution >= 0.6 is 0 Å². The van der Waals surface area contributed by atoms with E-state index in [0.29, 0.717) is 11.3 Å². The van der Waals surface area contributed by atoms with Crippen LogP contribution in [-0.2, 0) is 0 Å². The molecule has 0 amide bonds. The van der Waals surface area contributed by atoms with Crippen LogP contribution in [0.3, 0.4) is 0 Å². The molecule has 3 rings (SSSR count). The van der Waals surface area contributed by atoms with Gasteiger partial charge in [0.25, 0.3) is 0 Å². The number of aryl methyl sites for hydroxylation is 2. The first-order valence-electron chi connectivity index (χ1n) is 5.87. The number of rotatable bonds is 1. The molecule has 3 aromatic rings. The average molecular weight is 240 g/mol. The number of pyridine rings is 1. The zero-order valence-corrected chi connectivity index (χ0v) is 10.3. The second-order valence-electron chi connectivity index (χ2n) is 4.46. The molecule has 2 aromatic heterocycles. The van der Waals surface area contributed by atoms with Crippen molar-refractivity contribution in [1.82, 2.24) is 9.38 Å². The van der Waals surface area contributed by atoms with E-state index in [1.807, 2.05) is 42.6 Å². The molecule has 0 spiro atoms. The van der Waals surface area contributed by atoms with Gasteiger partial charge in [-0.15, -0.1) is 0 Å². The number of hydrogen-bond acceptors (Lipinski definition) is 1. The summed E-state index contributed by atoms with van der Waals surface area (Å²) in [5.41, 5.74) is 4.22. The van der Waals surface area contributed by atoms with Gasteiger partial charge in [0.15, 0.2) is 0 Å². The minimum absolute atomic E-state index is 0.235. The molecule has 0 aliphatic heterocycles. The van der Waals surface area contributed by atoms with Crippen LogP contribution in [0, 0.1) is 19.7 Å². The molecule has 18 heavy (non-hydrogen) atoms. The van der Waals surface area contributed by atoms with Crippen LogP contribution < -0.4 is 0 Å². The third kappa shape index (κ3) is 1.59. The lowest BCUT2D eigenvalue weighted by Gasteiger charge is -2.01. The van der Waals surface area contributed by atoms with Gasteiger partial charge in [-0.05, 0) is 37.6 Å². The Kier molecular flexibility index (Phi) is 2.40. The molecule has 0 atom stereocenters. The van der Waals surface area contributed by atoms with Gasteiger partial charge < -0.3 is 4.40 Å². The summed E-state index contributed by atoms with van der Waals surface area (Å²) in [6.07, 6.45) is 2.02. The molecule has 1 aromatic carbocycles. The lowest BCUT2D eigenvalue weighted by Crippen LogP contribution is -1.89. The van der Waals surface area contributed by atoms with E-state index in [9.17, 15) is 4.39 Å². The van der Waals surface area contributed by atoms with Crippen molar-refractivity contribution >= 4 is 5.65 Å². The molecule has 0 fully saturated rings. The number of halogens is 1. The topological polar surface area (TPSA) is 17.3 Å². The molecule has 0 N–H and O–H groups in total. The van der Waals surface area contributed by atoms with Gasteiger partial charge in [0.2, 0.25) is 0 Å². The summed E-state index contributed by atoms with van der Waals surface area (Å²) in [6, 6.07) is 10.7. The molecule has 0 aliphatic rings. The van der Waals surface area contributed by atoms with Gasteiger partial charge >= 0.3 is 0 Å². The zero-order valence-electron chi connectivity index (χ0n) is 10.3. The fourth-order valence-corrected chi connectivity index (χ4v) is 2.18. The quantitative estimate of drug-likeness (QED) is 0.633. The first kappa shape index (κ1) is 11.0. The molecule has 0 radical (unpaired) electrons. The monoisotopic (exact) mass is 240 g/mol. The van der Waals surface area contributed by atoms with Crippen LogP contribution in [0.1, 0.15) is 11.3 Å². The maximum Gasteiger partial charge on any atom is 0.137 e. The Bertz CT molecular complexity index is 728. The summed E-state index contributed by atoms with van der Waals surface area (Å²) < 4.78 is 15.8. The van der Waals surface area contributed by atoms with E-state index < -0.39 is 0 Å². The highest BCUT2D eigenvalue weighted by Gasteiger charge is 2.13. The molecule has 0 bridgehead atoms. The van der Waals surface area contributed by atoms with Crippen molar-refractivity contribution in [3.05, 3.63) is 59.7 Å². The molecule has 2 nitrogen and oxygen atoms in total. The number of fused-ring (bicyclic) bond motifs is 1. The Balaban J connectivity index is 2.31. The Morgan fingerprint density at radius 2 is 1.83 bits per heavy atom. The van der Waals surface area contributed by atoms with E-state index in [0.717, 1.165) is 16.9 Å². The normalized spacial score (nSPS) is 11.1. The maximum absolute atomic E-state index is 13.8. The molecule has 0 saturated carbocycles. The third-order valence-corrected chi connectivity index (χ3v) is 3.13. The summed E-state index contributed by atoms with van der Waals surface area (Å²) in [4.78, 5) is 4.51. The SMILES string of the molecule is Cc1ccc2nc(-c3ccccc3F)c(C)n2c1. The first-order valence-corrected chi connectivity index (χ1v) is 5.87. The van der Waals surface area contributed by atoms with Gasteiger partial charge in [-0.1, -0.05) is 18.2 Å². The van der Waals surface area contributed by atoms with Gasteiger partial charge in [0.05, 0.1) is 5.69 Å². The van der Waals surface area contributed by atoms with Crippen molar-refractivity contribution < 1.29 is 4.39 Å². The predicted octanol–water partition coefficient (Wildman–Crippen LogP) is 3.76. The Hall–Kier alpha value is -2.16. The second-order valence-corrected chi connectivity index (χ2v) is 4.46. The lowest BCUT2D eigenvalue weighted by molar-refractivity contribution is 0.630. The Morgan fingerprint density at radius 1 is 1.06 bits per heavy atom. The predicted molar refractivity (Wildman–Crippen MR) is 70.1 cm³/mol. The van der Waals surface area contributed by atoms with E-state index in [2.05, 4.69) is 4.98 Å². The number of imidazole rings is 1. The summed E-state index contributed by atoms with van der Waals surface area (Å²) >= 11 is 0. The minimum Gasteiger partial charge on any atom is -0.303 e. The number of hydrogen-bond donors (Lipinski definition) is 0. The Morgan fingerprint density at radius 3 is 2.61 bits per heavy atom. The summed E-state index contributed by atoms with van der Waals surface area (Å²) in [7, 11) is 0. The molecular formula is C15H13FN2. The van der Waals surface area contributed by atoms with Crippen LogP contribution in [0.4, 0.5) is 4.39 Å². The van der Waals surface area contributed by atoms with E-state index in [1.165, 1.54) is 6.07 Å². The highest BCUT2D eigenvalue weighted by molar-refractivity contribution is 5.66. The van der Waals surface area contributed by atoms with E-state index in [-0.39, 0.29) is 5.82 Å². The minimum atomic E-state index is -0.235. The number of nitrogens with zero attached hydrogens (tertiary/aromatic N) is 2. The number of benzene rings is 1. The standard InChI is InChI=1S/C15H13FN2/c1-10-7-8-14-17-15(11(2)18(14)9-10)12-5-3-4-6-13(12)16/h3-9H,1-2H3. The van der Waals surface area contributed by atoms with E-state index in [1.54, 1.807) is 12.1 Å². The smallest absolute Gasteiger partial charge is 0.137 e. The Labute approximate surface area is 105 Å². The molecule has 3 heteroatoms. The fourth-order valence-electron chi connectivity index (χ4n) is 2.18. The molecule has 0 saturated heterocycles. The van der Waals surface area contributed by atoms with Gasteiger partial charge in [-0.2, -0.15) is 0 Å². The van der Waals surface area contributed by atoms with E-state index >= 15 is 0 Å². The van der Waals surface area contributed by atoms with Crippen molar-refractivity contribution in [3.8, 4) is 11.3 Å². The molecular weight excluding hydrogens is 227 g/mol. The first-order chi connectivity index (χ1) is 8.66. The largest absolute Gasteiger partial charge is 0.303 e. The van der Waals surface area contributed by atoms with Crippen molar-refractivity contribution in [1.29, 1.82) is 0 Å². The maximum atomic E-state index is 13.8. The van der Waals surface area contributed by atoms with Gasteiger partial charge in [-0.3, -0.25) is 0 Å². The van der Waals surface area contributed by atoms with Gasteiger partial charge in [0, 0.05) is 17.5 Å². The average Bonchev–Trinajstić information content (AvgIpc) is 2.68. The third-order valence-electron chi connectivity index (χ3n) is 3.13. The molecule has 0 aliphatic carbocycles. The van der Waals surface area contributed by atoms with Crippen molar-refractivity contribution in [2.24, 2.45) is 0 Å². The van der Waals surface area contributed by atoms with Gasteiger partial charge in [-0.25, -0.2) is 9.37 Å². The van der Waals surface area contributed by atoms with E-state index in [4.69, 9.17) is 0 Å². The molecule has 90 valence electrons. The zero-order chi connectivity index (χ0) is 12.7. The van der Waals surface area contributed by atoms with Crippen molar-refractivity contribution in [2.45, 2.75) is 13.8 Å². The number of aromatic nitrogens is 2.